The van der Waals surface area contributed by atoms with E-state index in [9.17, 15) is 0 Å². The minimum absolute atomic E-state index is 0.273. The third-order valence-corrected chi connectivity index (χ3v) is 9.51. The molecule has 46 heavy (non-hydrogen) atoms. The van der Waals surface area contributed by atoms with E-state index >= 15 is 0 Å². The van der Waals surface area contributed by atoms with Crippen LogP contribution in [0.3, 0.4) is 0 Å². The zero-order valence-electron chi connectivity index (χ0n) is 31.4. The van der Waals surface area contributed by atoms with Crippen LogP contribution < -0.4 is 0 Å². The molecule has 0 spiro atoms. The number of unbranched alkanes of at least 4 members (excludes halogenated alkanes) is 18. The average Bonchev–Trinajstić information content (AvgIpc) is 3.47. The Morgan fingerprint density at radius 3 is 1.11 bits per heavy atom. The summed E-state index contributed by atoms with van der Waals surface area (Å²) in [5.41, 5.74) is 0. The van der Waals surface area contributed by atoms with Gasteiger partial charge in [0.05, 0.1) is 12.2 Å². The predicted octanol–water partition coefficient (Wildman–Crippen LogP) is 13.1. The third-order valence-electron chi connectivity index (χ3n) is 9.51. The molecule has 0 saturated heterocycles. The molecule has 0 aromatic rings. The van der Waals surface area contributed by atoms with Crippen molar-refractivity contribution in [3.05, 3.63) is 48.6 Å². The van der Waals surface area contributed by atoms with Gasteiger partial charge < -0.3 is 14.4 Å². The van der Waals surface area contributed by atoms with Gasteiger partial charge in [0, 0.05) is 19.3 Å². The number of ether oxygens (including phenoxy) is 2. The van der Waals surface area contributed by atoms with Gasteiger partial charge in [-0.2, -0.15) is 0 Å². The zero-order valence-corrected chi connectivity index (χ0v) is 31.4. The van der Waals surface area contributed by atoms with Crippen molar-refractivity contribution in [2.75, 3.05) is 27.3 Å². The molecule has 1 aliphatic rings. The molecule has 3 nitrogen and oxygen atoms in total. The van der Waals surface area contributed by atoms with Crippen LogP contribution in [-0.2, 0) is 9.47 Å². The van der Waals surface area contributed by atoms with Crippen molar-refractivity contribution < 1.29 is 9.47 Å². The van der Waals surface area contributed by atoms with Crippen LogP contribution in [0.2, 0.25) is 0 Å². The molecule has 0 amide bonds. The Bertz CT molecular complexity index is 681. The molecular weight excluding hydrogens is 562 g/mol. The van der Waals surface area contributed by atoms with Gasteiger partial charge in [0.15, 0.2) is 0 Å². The van der Waals surface area contributed by atoms with Crippen molar-refractivity contribution in [2.45, 2.75) is 199 Å². The number of hydrogen-bond acceptors (Lipinski definition) is 3. The minimum atomic E-state index is 0.273. The van der Waals surface area contributed by atoms with E-state index in [-0.39, 0.29) is 12.2 Å². The van der Waals surface area contributed by atoms with Gasteiger partial charge >= 0.3 is 0 Å². The highest BCUT2D eigenvalue weighted by molar-refractivity contribution is 4.93. The summed E-state index contributed by atoms with van der Waals surface area (Å²) in [6.07, 6.45) is 52.5. The Morgan fingerprint density at radius 2 is 0.761 bits per heavy atom. The molecule has 3 heteroatoms. The average molecular weight is 642 g/mol. The number of nitrogens with zero attached hydrogens (tertiary/aromatic N) is 1. The topological polar surface area (TPSA) is 21.7 Å². The van der Waals surface area contributed by atoms with E-state index in [4.69, 9.17) is 9.47 Å². The fraction of sp³-hybridized carbons (Fsp3) is 0.814. The highest BCUT2D eigenvalue weighted by Crippen LogP contribution is 2.29. The Hall–Kier alpha value is -1.16. The second-order valence-electron chi connectivity index (χ2n) is 14.1. The maximum absolute atomic E-state index is 6.42. The van der Waals surface area contributed by atoms with Crippen LogP contribution in [0.15, 0.2) is 48.6 Å². The van der Waals surface area contributed by atoms with Gasteiger partial charge in [0.25, 0.3) is 0 Å². The van der Waals surface area contributed by atoms with Crippen LogP contribution >= 0.6 is 0 Å². The Morgan fingerprint density at radius 1 is 0.435 bits per heavy atom. The van der Waals surface area contributed by atoms with Gasteiger partial charge in [0.1, 0.15) is 0 Å². The largest absolute Gasteiger partial charge is 0.375 e. The van der Waals surface area contributed by atoms with Gasteiger partial charge in [-0.3, -0.25) is 0 Å². The molecule has 2 unspecified atom stereocenters. The highest BCUT2D eigenvalue weighted by atomic mass is 16.5. The van der Waals surface area contributed by atoms with Crippen LogP contribution in [0.25, 0.3) is 0 Å². The van der Waals surface area contributed by atoms with E-state index in [2.05, 4.69) is 81.5 Å². The van der Waals surface area contributed by atoms with E-state index < -0.39 is 0 Å². The van der Waals surface area contributed by atoms with Gasteiger partial charge in [-0.05, 0) is 104 Å². The van der Waals surface area contributed by atoms with Crippen LogP contribution in [0.5, 0.6) is 0 Å². The maximum Gasteiger partial charge on any atom is 0.0852 e. The molecule has 1 saturated carbocycles. The maximum atomic E-state index is 6.42. The van der Waals surface area contributed by atoms with Crippen molar-refractivity contribution in [1.29, 1.82) is 0 Å². The molecule has 1 fully saturated rings. The molecule has 0 aromatic heterocycles. The summed E-state index contributed by atoms with van der Waals surface area (Å²) >= 11 is 0. The molecule has 1 rings (SSSR count). The molecule has 0 N–H and O–H groups in total. The standard InChI is InChI=1S/C43H79NO2/c1-5-7-9-11-13-15-17-19-21-23-25-27-29-31-33-35-37-45-42-39-41(44(3)4)40-43(42)46-38-36-34-32-30-28-26-24-22-20-18-16-14-12-10-8-6-2/h13-16,19-22,41-43H,5-12,17-18,23-40H2,1-4H3/b15-13-,16-14-,21-19-,22-20-. The smallest absolute Gasteiger partial charge is 0.0852 e. The Balaban J connectivity index is 2.00. The van der Waals surface area contributed by atoms with E-state index in [0.29, 0.717) is 6.04 Å². The van der Waals surface area contributed by atoms with E-state index in [1.807, 2.05) is 0 Å². The van der Waals surface area contributed by atoms with E-state index in [1.54, 1.807) is 0 Å². The summed E-state index contributed by atoms with van der Waals surface area (Å²) in [5, 5.41) is 0. The summed E-state index contributed by atoms with van der Waals surface area (Å²) < 4.78 is 12.8. The summed E-state index contributed by atoms with van der Waals surface area (Å²) in [4.78, 5) is 2.36. The van der Waals surface area contributed by atoms with Gasteiger partial charge in [-0.1, -0.05) is 140 Å². The van der Waals surface area contributed by atoms with E-state index in [0.717, 1.165) is 38.9 Å². The van der Waals surface area contributed by atoms with Crippen molar-refractivity contribution in [1.82, 2.24) is 4.90 Å². The lowest BCUT2D eigenvalue weighted by Gasteiger charge is -2.20. The summed E-state index contributed by atoms with van der Waals surface area (Å²) in [7, 11) is 4.41. The van der Waals surface area contributed by atoms with Gasteiger partial charge in [0.2, 0.25) is 0 Å². The van der Waals surface area contributed by atoms with Crippen molar-refractivity contribution in [2.24, 2.45) is 0 Å². The summed E-state index contributed by atoms with van der Waals surface area (Å²) in [6, 6.07) is 0.585. The van der Waals surface area contributed by atoms with Crippen molar-refractivity contribution >= 4 is 0 Å². The molecule has 0 aliphatic heterocycles. The molecule has 1 aliphatic carbocycles. The Kier molecular flexibility index (Phi) is 31.4. The van der Waals surface area contributed by atoms with Crippen LogP contribution in [0.4, 0.5) is 0 Å². The van der Waals surface area contributed by atoms with Crippen molar-refractivity contribution in [3.8, 4) is 0 Å². The van der Waals surface area contributed by atoms with Gasteiger partial charge in [-0.15, -0.1) is 0 Å². The molecule has 0 aromatic carbocycles. The lowest BCUT2D eigenvalue weighted by Crippen LogP contribution is -2.27. The molecule has 0 radical (unpaired) electrons. The molecular formula is C43H79NO2. The first-order valence-corrected chi connectivity index (χ1v) is 20.2. The van der Waals surface area contributed by atoms with Crippen LogP contribution in [0, 0.1) is 0 Å². The van der Waals surface area contributed by atoms with Crippen LogP contribution in [0.1, 0.15) is 181 Å². The lowest BCUT2D eigenvalue weighted by molar-refractivity contribution is -0.0578. The Labute approximate surface area is 288 Å². The number of allylic oxidation sites excluding steroid dienone is 8. The zero-order chi connectivity index (χ0) is 33.2. The fourth-order valence-electron chi connectivity index (χ4n) is 6.36. The first kappa shape index (κ1) is 42.9. The number of rotatable bonds is 33. The summed E-state index contributed by atoms with van der Waals surface area (Å²) in [5.74, 6) is 0. The first-order valence-electron chi connectivity index (χ1n) is 20.2. The second-order valence-corrected chi connectivity index (χ2v) is 14.1. The molecule has 268 valence electrons. The lowest BCUT2D eigenvalue weighted by atomic mass is 10.1. The van der Waals surface area contributed by atoms with E-state index in [1.165, 1.54) is 141 Å². The molecule has 0 heterocycles. The SMILES string of the molecule is CCCCC/C=C\C/C=C\CCCCCCCCOC1CC(N(C)C)CC1OCCCCCCCC/C=C\C/C=C\CCCCC. The van der Waals surface area contributed by atoms with Gasteiger partial charge in [-0.25, -0.2) is 0 Å². The predicted molar refractivity (Wildman–Crippen MR) is 205 cm³/mol. The monoisotopic (exact) mass is 642 g/mol. The fourth-order valence-corrected chi connectivity index (χ4v) is 6.36. The molecule has 2 atom stereocenters. The minimum Gasteiger partial charge on any atom is -0.375 e. The quantitative estimate of drug-likeness (QED) is 0.0526. The summed E-state index contributed by atoms with van der Waals surface area (Å²) in [6.45, 7) is 6.32. The second kappa shape index (κ2) is 33.7. The highest BCUT2D eigenvalue weighted by Gasteiger charge is 2.36. The van der Waals surface area contributed by atoms with Crippen molar-refractivity contribution in [3.63, 3.8) is 0 Å². The molecule has 0 bridgehead atoms. The normalized spacial score (nSPS) is 19.0. The number of hydrogen-bond donors (Lipinski definition) is 0. The third kappa shape index (κ3) is 26.9. The van der Waals surface area contributed by atoms with Crippen LogP contribution in [-0.4, -0.2) is 50.5 Å². The first-order chi connectivity index (χ1) is 22.7.